The lowest BCUT2D eigenvalue weighted by molar-refractivity contribution is -0.127. The number of imide groups is 1. The molecule has 7 heteroatoms. The molecule has 1 aromatic carbocycles. The number of carbonyl (C=O) groups excluding carboxylic acids is 3. The van der Waals surface area contributed by atoms with E-state index in [4.69, 9.17) is 4.74 Å². The third-order valence-corrected chi connectivity index (χ3v) is 4.70. The smallest absolute Gasteiger partial charge is 0.417 e. The summed E-state index contributed by atoms with van der Waals surface area (Å²) in [6.07, 6.45) is 0.592. The van der Waals surface area contributed by atoms with Crippen molar-refractivity contribution < 1.29 is 19.1 Å². The second-order valence-corrected chi connectivity index (χ2v) is 6.18. The molecule has 116 valence electrons. The number of halogens is 1. The fourth-order valence-electron chi connectivity index (χ4n) is 2.85. The van der Waals surface area contributed by atoms with Gasteiger partial charge in [0.1, 0.15) is 0 Å². The molecule has 22 heavy (non-hydrogen) atoms. The number of ether oxygens (including phenoxy) is 1. The van der Waals surface area contributed by atoms with Gasteiger partial charge in [0.15, 0.2) is 6.61 Å². The van der Waals surface area contributed by atoms with Crippen LogP contribution in [0.4, 0.5) is 4.79 Å². The van der Waals surface area contributed by atoms with Gasteiger partial charge in [0, 0.05) is 23.6 Å². The molecule has 2 fully saturated rings. The number of piperidine rings is 1. The van der Waals surface area contributed by atoms with Crippen LogP contribution in [0.2, 0.25) is 0 Å². The van der Waals surface area contributed by atoms with Crippen LogP contribution in [0.15, 0.2) is 28.7 Å². The summed E-state index contributed by atoms with van der Waals surface area (Å²) >= 11 is 3.38. The summed E-state index contributed by atoms with van der Waals surface area (Å²) in [5.74, 6) is -0.332. The molecule has 2 heterocycles. The van der Waals surface area contributed by atoms with Crippen LogP contribution in [0, 0.1) is 0 Å². The predicted octanol–water partition coefficient (Wildman–Crippen LogP) is 2.03. The number of cyclic esters (lactones) is 1. The summed E-state index contributed by atoms with van der Waals surface area (Å²) in [7, 11) is 0. The third-order valence-electron chi connectivity index (χ3n) is 4.01. The van der Waals surface area contributed by atoms with Crippen LogP contribution in [-0.2, 0) is 9.53 Å². The summed E-state index contributed by atoms with van der Waals surface area (Å²) in [4.78, 5) is 38.7. The SMILES string of the molecule is O=C(c1ccccc1Br)N1CCC(N2C(=O)COC2=O)CC1. The summed E-state index contributed by atoms with van der Waals surface area (Å²) in [6, 6.07) is 7.12. The number of nitrogens with zero attached hydrogens (tertiary/aromatic N) is 2. The largest absolute Gasteiger partial charge is 0.439 e. The van der Waals surface area contributed by atoms with E-state index in [2.05, 4.69) is 15.9 Å². The normalized spacial score (nSPS) is 19.5. The van der Waals surface area contributed by atoms with Crippen LogP contribution < -0.4 is 0 Å². The molecule has 0 aliphatic carbocycles. The van der Waals surface area contributed by atoms with Crippen molar-refractivity contribution in [2.24, 2.45) is 0 Å². The maximum atomic E-state index is 12.5. The van der Waals surface area contributed by atoms with Crippen LogP contribution in [0.5, 0.6) is 0 Å². The first-order chi connectivity index (χ1) is 10.6. The highest BCUT2D eigenvalue weighted by Gasteiger charge is 2.39. The maximum Gasteiger partial charge on any atom is 0.417 e. The fraction of sp³-hybridized carbons (Fsp3) is 0.400. The molecule has 0 aromatic heterocycles. The number of hydrogen-bond donors (Lipinski definition) is 0. The van der Waals surface area contributed by atoms with Gasteiger partial charge in [0.2, 0.25) is 0 Å². The summed E-state index contributed by atoms with van der Waals surface area (Å²) in [5, 5.41) is 0. The Bertz CT molecular complexity index is 610. The van der Waals surface area contributed by atoms with E-state index in [0.717, 1.165) is 4.47 Å². The molecule has 2 saturated heterocycles. The molecular formula is C15H15BrN2O4. The zero-order valence-corrected chi connectivity index (χ0v) is 13.4. The second-order valence-electron chi connectivity index (χ2n) is 5.32. The highest BCUT2D eigenvalue weighted by atomic mass is 79.9. The molecule has 0 spiro atoms. The van der Waals surface area contributed by atoms with Crippen molar-refractivity contribution in [1.29, 1.82) is 0 Å². The molecule has 0 unspecified atom stereocenters. The Balaban J connectivity index is 1.65. The van der Waals surface area contributed by atoms with Crippen molar-refractivity contribution in [2.45, 2.75) is 18.9 Å². The van der Waals surface area contributed by atoms with Crippen LogP contribution >= 0.6 is 15.9 Å². The number of likely N-dealkylation sites (tertiary alicyclic amines) is 1. The maximum absolute atomic E-state index is 12.5. The standard InChI is InChI=1S/C15H15BrN2O4/c16-12-4-2-1-3-11(12)14(20)17-7-5-10(6-8-17)18-13(19)9-22-15(18)21/h1-4,10H,5-9H2. The van der Waals surface area contributed by atoms with Gasteiger partial charge in [-0.2, -0.15) is 0 Å². The molecule has 0 atom stereocenters. The molecule has 3 amide bonds. The molecule has 0 bridgehead atoms. The van der Waals surface area contributed by atoms with Gasteiger partial charge in [-0.15, -0.1) is 0 Å². The number of carbonyl (C=O) groups is 3. The van der Waals surface area contributed by atoms with Gasteiger partial charge in [-0.25, -0.2) is 9.69 Å². The lowest BCUT2D eigenvalue weighted by atomic mass is 10.0. The Morgan fingerprint density at radius 3 is 2.45 bits per heavy atom. The van der Waals surface area contributed by atoms with Gasteiger partial charge in [-0.05, 0) is 40.9 Å². The van der Waals surface area contributed by atoms with Gasteiger partial charge in [0.25, 0.3) is 11.8 Å². The molecule has 0 saturated carbocycles. The average Bonchev–Trinajstić information content (AvgIpc) is 2.86. The van der Waals surface area contributed by atoms with Gasteiger partial charge in [-0.1, -0.05) is 12.1 Å². The number of amides is 3. The first-order valence-corrected chi connectivity index (χ1v) is 7.90. The molecule has 1 aromatic rings. The van der Waals surface area contributed by atoms with E-state index >= 15 is 0 Å². The molecule has 6 nitrogen and oxygen atoms in total. The summed E-state index contributed by atoms with van der Waals surface area (Å²) < 4.78 is 5.51. The average molecular weight is 367 g/mol. The topological polar surface area (TPSA) is 66.9 Å². The molecule has 2 aliphatic heterocycles. The van der Waals surface area contributed by atoms with E-state index in [0.29, 0.717) is 31.5 Å². The predicted molar refractivity (Wildman–Crippen MR) is 81.3 cm³/mol. The van der Waals surface area contributed by atoms with E-state index in [-0.39, 0.29) is 24.5 Å². The van der Waals surface area contributed by atoms with Gasteiger partial charge in [0.05, 0.1) is 5.56 Å². The highest BCUT2D eigenvalue weighted by molar-refractivity contribution is 9.10. The second kappa shape index (κ2) is 6.08. The van der Waals surface area contributed by atoms with Gasteiger partial charge < -0.3 is 9.64 Å². The van der Waals surface area contributed by atoms with Gasteiger partial charge in [-0.3, -0.25) is 9.59 Å². The van der Waals surface area contributed by atoms with Crippen molar-refractivity contribution in [2.75, 3.05) is 19.7 Å². The van der Waals surface area contributed by atoms with Crippen LogP contribution in [0.3, 0.4) is 0 Å². The highest BCUT2D eigenvalue weighted by Crippen LogP contribution is 2.24. The summed E-state index contributed by atoms with van der Waals surface area (Å²) in [6.45, 7) is 0.860. The van der Waals surface area contributed by atoms with Gasteiger partial charge >= 0.3 is 6.09 Å². The zero-order chi connectivity index (χ0) is 15.7. The van der Waals surface area contributed by atoms with Crippen LogP contribution in [0.25, 0.3) is 0 Å². The molecular weight excluding hydrogens is 352 g/mol. The minimum atomic E-state index is -0.569. The molecule has 2 aliphatic rings. The Morgan fingerprint density at radius 1 is 1.18 bits per heavy atom. The van der Waals surface area contributed by atoms with Crippen molar-refractivity contribution >= 4 is 33.8 Å². The van der Waals surface area contributed by atoms with Crippen molar-refractivity contribution in [3.8, 4) is 0 Å². The number of hydrogen-bond acceptors (Lipinski definition) is 4. The number of rotatable bonds is 2. The lowest BCUT2D eigenvalue weighted by Gasteiger charge is -2.34. The van der Waals surface area contributed by atoms with E-state index in [1.54, 1.807) is 11.0 Å². The first-order valence-electron chi connectivity index (χ1n) is 7.10. The number of benzene rings is 1. The zero-order valence-electron chi connectivity index (χ0n) is 11.8. The van der Waals surface area contributed by atoms with E-state index < -0.39 is 6.09 Å². The van der Waals surface area contributed by atoms with E-state index in [1.807, 2.05) is 18.2 Å². The Hall–Kier alpha value is -1.89. The quantitative estimate of drug-likeness (QED) is 0.802. The van der Waals surface area contributed by atoms with Crippen LogP contribution in [0.1, 0.15) is 23.2 Å². The minimum absolute atomic E-state index is 0.0405. The third kappa shape index (κ3) is 2.72. The van der Waals surface area contributed by atoms with E-state index in [1.165, 1.54) is 4.90 Å². The van der Waals surface area contributed by atoms with E-state index in [9.17, 15) is 14.4 Å². The van der Waals surface area contributed by atoms with Crippen molar-refractivity contribution in [3.05, 3.63) is 34.3 Å². The first kappa shape index (κ1) is 15.0. The Morgan fingerprint density at radius 2 is 1.86 bits per heavy atom. The minimum Gasteiger partial charge on any atom is -0.439 e. The molecule has 0 N–H and O–H groups in total. The Kier molecular flexibility index (Phi) is 4.15. The summed E-state index contributed by atoms with van der Waals surface area (Å²) in [5.41, 5.74) is 0.623. The fourth-order valence-corrected chi connectivity index (χ4v) is 3.30. The molecule has 3 rings (SSSR count). The van der Waals surface area contributed by atoms with Crippen molar-refractivity contribution in [3.63, 3.8) is 0 Å². The molecule has 0 radical (unpaired) electrons. The monoisotopic (exact) mass is 366 g/mol. The van der Waals surface area contributed by atoms with Crippen molar-refractivity contribution in [1.82, 2.24) is 9.80 Å². The van der Waals surface area contributed by atoms with Crippen LogP contribution in [-0.4, -0.2) is 53.4 Å². The Labute approximate surface area is 136 Å². The lowest BCUT2D eigenvalue weighted by Crippen LogP contribution is -2.48.